The molecule has 0 aliphatic carbocycles. The number of benzene rings is 3. The van der Waals surface area contributed by atoms with Gasteiger partial charge in [0.25, 0.3) is 0 Å². The first-order valence-corrected chi connectivity index (χ1v) is 12.2. The van der Waals surface area contributed by atoms with E-state index in [2.05, 4.69) is 5.32 Å². The summed E-state index contributed by atoms with van der Waals surface area (Å²) in [6.45, 7) is 5.57. The molecule has 2 aliphatic rings. The van der Waals surface area contributed by atoms with Gasteiger partial charge in [-0.1, -0.05) is 80.4 Å². The van der Waals surface area contributed by atoms with Crippen molar-refractivity contribution >= 4 is 45.8 Å². The van der Waals surface area contributed by atoms with Gasteiger partial charge in [0.05, 0.1) is 17.5 Å². The Morgan fingerprint density at radius 2 is 1.83 bits per heavy atom. The van der Waals surface area contributed by atoms with E-state index in [4.69, 9.17) is 11.6 Å². The molecular weight excluding hydrogens is 464 g/mol. The van der Waals surface area contributed by atoms with Gasteiger partial charge in [-0.3, -0.25) is 19.7 Å². The molecule has 2 N–H and O–H groups in total. The van der Waals surface area contributed by atoms with Gasteiger partial charge in [0.15, 0.2) is 0 Å². The van der Waals surface area contributed by atoms with E-state index in [1.165, 1.54) is 0 Å². The van der Waals surface area contributed by atoms with Crippen molar-refractivity contribution in [2.24, 2.45) is 17.8 Å². The van der Waals surface area contributed by atoms with E-state index in [-0.39, 0.29) is 0 Å². The number of amides is 2. The number of fused-ring (bicyclic) bond motifs is 2. The Labute approximate surface area is 208 Å². The van der Waals surface area contributed by atoms with Crippen molar-refractivity contribution < 1.29 is 19.5 Å². The van der Waals surface area contributed by atoms with Gasteiger partial charge in [-0.15, -0.1) is 0 Å². The maximum Gasteiger partial charge on any atom is 0.325 e. The average Bonchev–Trinajstić information content (AvgIpc) is 3.34. The summed E-state index contributed by atoms with van der Waals surface area (Å²) in [6, 6.07) is 18.0. The zero-order valence-corrected chi connectivity index (χ0v) is 20.5. The minimum atomic E-state index is -1.59. The lowest BCUT2D eigenvalue weighted by Gasteiger charge is -2.36. The van der Waals surface area contributed by atoms with E-state index in [1.807, 2.05) is 63.2 Å². The minimum Gasteiger partial charge on any atom is -0.480 e. The predicted molar refractivity (Wildman–Crippen MR) is 135 cm³/mol. The highest BCUT2D eigenvalue weighted by Gasteiger charge is 2.70. The number of imide groups is 1. The van der Waals surface area contributed by atoms with Gasteiger partial charge in [0.2, 0.25) is 11.8 Å². The van der Waals surface area contributed by atoms with Crippen LogP contribution in [0.2, 0.25) is 5.02 Å². The summed E-state index contributed by atoms with van der Waals surface area (Å²) in [4.78, 5) is 42.0. The van der Waals surface area contributed by atoms with E-state index < -0.39 is 47.1 Å². The number of carbonyl (C=O) groups excluding carboxylic acids is 2. The molecule has 2 saturated heterocycles. The van der Waals surface area contributed by atoms with Crippen LogP contribution < -0.4 is 10.2 Å². The molecule has 0 radical (unpaired) electrons. The third-order valence-corrected chi connectivity index (χ3v) is 8.32. The highest BCUT2D eigenvalue weighted by atomic mass is 35.5. The van der Waals surface area contributed by atoms with Crippen molar-refractivity contribution in [3.05, 3.63) is 76.8 Å². The largest absolute Gasteiger partial charge is 0.480 e. The van der Waals surface area contributed by atoms with Crippen LogP contribution in [0.4, 0.5) is 5.69 Å². The summed E-state index contributed by atoms with van der Waals surface area (Å²) in [5, 5.41) is 16.2. The van der Waals surface area contributed by atoms with Gasteiger partial charge < -0.3 is 5.11 Å². The van der Waals surface area contributed by atoms with Gasteiger partial charge in [-0.05, 0) is 46.9 Å². The molecule has 5 atom stereocenters. The minimum absolute atomic E-state index is 0.366. The Balaban J connectivity index is 1.72. The van der Waals surface area contributed by atoms with Crippen LogP contribution in [0.5, 0.6) is 0 Å². The van der Waals surface area contributed by atoms with Crippen molar-refractivity contribution in [1.29, 1.82) is 0 Å². The molecule has 180 valence electrons. The van der Waals surface area contributed by atoms with Crippen molar-refractivity contribution in [2.75, 3.05) is 4.90 Å². The van der Waals surface area contributed by atoms with Gasteiger partial charge in [-0.2, -0.15) is 0 Å². The smallest absolute Gasteiger partial charge is 0.325 e. The van der Waals surface area contributed by atoms with Crippen molar-refractivity contribution in [3.8, 4) is 0 Å². The summed E-state index contributed by atoms with van der Waals surface area (Å²) in [6.07, 6.45) is 0.530. The van der Waals surface area contributed by atoms with Crippen LogP contribution in [0.1, 0.15) is 37.4 Å². The van der Waals surface area contributed by atoms with Crippen molar-refractivity contribution in [2.45, 2.75) is 38.8 Å². The number of hydrogen-bond donors (Lipinski definition) is 2. The molecule has 5 unspecified atom stereocenters. The second kappa shape index (κ2) is 8.47. The molecule has 35 heavy (non-hydrogen) atoms. The maximum absolute atomic E-state index is 14.0. The topological polar surface area (TPSA) is 86.7 Å². The molecule has 0 saturated carbocycles. The summed E-state index contributed by atoms with van der Waals surface area (Å²) in [5.74, 6) is -4.33. The summed E-state index contributed by atoms with van der Waals surface area (Å²) >= 11 is 6.32. The van der Waals surface area contributed by atoms with Gasteiger partial charge in [0.1, 0.15) is 5.54 Å². The lowest BCUT2D eigenvalue weighted by molar-refractivity contribution is -0.151. The van der Waals surface area contributed by atoms with E-state index >= 15 is 0 Å². The van der Waals surface area contributed by atoms with Crippen molar-refractivity contribution in [1.82, 2.24) is 5.32 Å². The summed E-state index contributed by atoms with van der Waals surface area (Å²) in [7, 11) is 0. The Morgan fingerprint density at radius 3 is 2.51 bits per heavy atom. The molecule has 3 aromatic rings. The van der Waals surface area contributed by atoms with Crippen LogP contribution >= 0.6 is 11.6 Å². The van der Waals surface area contributed by atoms with Crippen LogP contribution in [0.3, 0.4) is 0 Å². The highest BCUT2D eigenvalue weighted by molar-refractivity contribution is 6.32. The molecule has 3 aromatic carbocycles. The molecule has 0 spiro atoms. The first kappa shape index (κ1) is 23.5. The van der Waals surface area contributed by atoms with Crippen LogP contribution in [-0.2, 0) is 14.4 Å². The molecule has 7 heteroatoms. The van der Waals surface area contributed by atoms with Gasteiger partial charge in [-0.25, -0.2) is 4.90 Å². The number of nitrogens with zero attached hydrogens (tertiary/aromatic N) is 1. The Morgan fingerprint density at radius 1 is 1.11 bits per heavy atom. The van der Waals surface area contributed by atoms with E-state index in [9.17, 15) is 19.5 Å². The highest BCUT2D eigenvalue weighted by Crippen LogP contribution is 2.53. The van der Waals surface area contributed by atoms with Crippen LogP contribution in [0, 0.1) is 24.7 Å². The Hall–Kier alpha value is -3.22. The molecular formula is C28H27ClN2O4. The summed E-state index contributed by atoms with van der Waals surface area (Å²) in [5.41, 5.74) is 0.417. The number of carbonyl (C=O) groups is 3. The molecule has 2 fully saturated rings. The number of hydrogen-bond acceptors (Lipinski definition) is 4. The second-order valence-corrected chi connectivity index (χ2v) is 10.0. The monoisotopic (exact) mass is 490 g/mol. The quantitative estimate of drug-likeness (QED) is 0.485. The number of carboxylic acid groups (broad SMARTS) is 1. The Bertz CT molecular complexity index is 1370. The summed E-state index contributed by atoms with van der Waals surface area (Å²) < 4.78 is 0. The first-order chi connectivity index (χ1) is 16.7. The Kier molecular flexibility index (Phi) is 5.69. The van der Waals surface area contributed by atoms with E-state index in [0.29, 0.717) is 17.1 Å². The molecule has 0 bridgehead atoms. The molecule has 0 aromatic heterocycles. The second-order valence-electron chi connectivity index (χ2n) is 9.62. The average molecular weight is 491 g/mol. The fourth-order valence-corrected chi connectivity index (χ4v) is 6.06. The molecule has 2 amide bonds. The van der Waals surface area contributed by atoms with Crippen LogP contribution in [0.15, 0.2) is 60.7 Å². The number of aliphatic carboxylic acids is 1. The van der Waals surface area contributed by atoms with E-state index in [0.717, 1.165) is 26.8 Å². The van der Waals surface area contributed by atoms with Crippen molar-refractivity contribution in [3.63, 3.8) is 0 Å². The number of carboxylic acids is 1. The normalized spacial score (nSPS) is 26.9. The fourth-order valence-electron chi connectivity index (χ4n) is 5.89. The number of nitrogens with one attached hydrogen (secondary N) is 1. The molecule has 2 aliphatic heterocycles. The maximum atomic E-state index is 14.0. The number of rotatable bonds is 5. The molecule has 2 heterocycles. The van der Waals surface area contributed by atoms with Gasteiger partial charge >= 0.3 is 5.97 Å². The van der Waals surface area contributed by atoms with Crippen LogP contribution in [-0.4, -0.2) is 28.4 Å². The SMILES string of the molecule is CCC(C)C1(C(=O)O)NC(c2cccc3ccccc23)C2C(=O)N(c3ccc(C)c(Cl)c3)C(=O)C21. The van der Waals surface area contributed by atoms with E-state index in [1.54, 1.807) is 18.2 Å². The van der Waals surface area contributed by atoms with Crippen LogP contribution in [0.25, 0.3) is 10.8 Å². The lowest BCUT2D eigenvalue weighted by Crippen LogP contribution is -2.59. The first-order valence-electron chi connectivity index (χ1n) is 11.8. The lowest BCUT2D eigenvalue weighted by atomic mass is 9.71. The number of anilines is 1. The molecule has 5 rings (SSSR count). The fraction of sp³-hybridized carbons (Fsp3) is 0.321. The third kappa shape index (κ3) is 3.31. The molecule has 6 nitrogen and oxygen atoms in total. The van der Waals surface area contributed by atoms with Gasteiger partial charge in [0, 0.05) is 11.1 Å². The zero-order chi connectivity index (χ0) is 25.1. The zero-order valence-electron chi connectivity index (χ0n) is 19.8. The standard InChI is InChI=1S/C28H27ClN2O4/c1-4-16(3)28(27(34)35)23-22(24(30-28)20-11-7-9-17-8-5-6-10-19(17)20)25(32)31(26(23)33)18-13-12-15(2)21(29)14-18/h5-14,16,22-24,30H,4H2,1-3H3,(H,34,35). The number of aryl methyl sites for hydroxylation is 1. The number of halogens is 1. The third-order valence-electron chi connectivity index (χ3n) is 7.91. The predicted octanol–water partition coefficient (Wildman–Crippen LogP) is 5.12.